The van der Waals surface area contributed by atoms with Crippen molar-refractivity contribution in [2.45, 2.75) is 0 Å². The number of benzene rings is 3. The van der Waals surface area contributed by atoms with Crippen LogP contribution in [-0.4, -0.2) is 42.8 Å². The van der Waals surface area contributed by atoms with Crippen molar-refractivity contribution in [1.82, 2.24) is 4.90 Å². The van der Waals surface area contributed by atoms with Crippen molar-refractivity contribution in [3.05, 3.63) is 101 Å². The maximum Gasteiger partial charge on any atom is 0.254 e. The SMILES string of the molecule is O=C(c1ccc(F)cc1)c1ccccc1C(=O)N1CCN(c2ccc(F)cc2)CC1. The molecule has 0 bridgehead atoms. The zero-order chi connectivity index (χ0) is 21.1. The molecule has 3 aromatic carbocycles. The van der Waals surface area contributed by atoms with Gasteiger partial charge in [0.25, 0.3) is 5.91 Å². The van der Waals surface area contributed by atoms with Gasteiger partial charge in [-0.3, -0.25) is 9.59 Å². The molecule has 0 saturated carbocycles. The molecular formula is C24H20F2N2O2. The Bertz CT molecular complexity index is 1060. The number of piperazine rings is 1. The first-order chi connectivity index (χ1) is 14.5. The molecule has 1 saturated heterocycles. The summed E-state index contributed by atoms with van der Waals surface area (Å²) in [6.45, 7) is 2.22. The smallest absolute Gasteiger partial charge is 0.254 e. The maximum atomic E-state index is 13.2. The minimum Gasteiger partial charge on any atom is -0.368 e. The van der Waals surface area contributed by atoms with Gasteiger partial charge in [-0.25, -0.2) is 8.78 Å². The fourth-order valence-corrected chi connectivity index (χ4v) is 3.61. The molecule has 4 rings (SSSR count). The van der Waals surface area contributed by atoms with Crippen LogP contribution in [0.3, 0.4) is 0 Å². The Morgan fingerprint density at radius 2 is 1.20 bits per heavy atom. The van der Waals surface area contributed by atoms with Gasteiger partial charge in [0.2, 0.25) is 0 Å². The summed E-state index contributed by atoms with van der Waals surface area (Å²) in [6.07, 6.45) is 0. The van der Waals surface area contributed by atoms with E-state index >= 15 is 0 Å². The number of carbonyl (C=O) groups is 2. The third-order valence-electron chi connectivity index (χ3n) is 5.27. The van der Waals surface area contributed by atoms with E-state index in [1.165, 1.54) is 36.4 Å². The molecule has 1 fully saturated rings. The summed E-state index contributed by atoms with van der Waals surface area (Å²) in [7, 11) is 0. The average molecular weight is 406 g/mol. The van der Waals surface area contributed by atoms with Crippen LogP contribution in [0.4, 0.5) is 14.5 Å². The third-order valence-corrected chi connectivity index (χ3v) is 5.27. The lowest BCUT2D eigenvalue weighted by molar-refractivity contribution is 0.0742. The highest BCUT2D eigenvalue weighted by atomic mass is 19.1. The molecule has 6 heteroatoms. The minimum atomic E-state index is -0.421. The highest BCUT2D eigenvalue weighted by Crippen LogP contribution is 2.20. The number of halogens is 2. The van der Waals surface area contributed by atoms with Gasteiger partial charge < -0.3 is 9.80 Å². The fraction of sp³-hybridized carbons (Fsp3) is 0.167. The highest BCUT2D eigenvalue weighted by Gasteiger charge is 2.26. The van der Waals surface area contributed by atoms with Crippen LogP contribution in [0, 0.1) is 11.6 Å². The first-order valence-electron chi connectivity index (χ1n) is 9.72. The average Bonchev–Trinajstić information content (AvgIpc) is 2.79. The van der Waals surface area contributed by atoms with Crippen molar-refractivity contribution < 1.29 is 18.4 Å². The molecule has 0 aromatic heterocycles. The number of amides is 1. The Morgan fingerprint density at radius 3 is 1.80 bits per heavy atom. The van der Waals surface area contributed by atoms with Crippen molar-refractivity contribution in [3.63, 3.8) is 0 Å². The van der Waals surface area contributed by atoms with Crippen LogP contribution in [0.2, 0.25) is 0 Å². The zero-order valence-electron chi connectivity index (χ0n) is 16.2. The van der Waals surface area contributed by atoms with Gasteiger partial charge >= 0.3 is 0 Å². The number of nitrogens with zero attached hydrogens (tertiary/aromatic N) is 2. The van der Waals surface area contributed by atoms with E-state index in [2.05, 4.69) is 4.90 Å². The molecule has 152 valence electrons. The van der Waals surface area contributed by atoms with Crippen LogP contribution in [-0.2, 0) is 0 Å². The topological polar surface area (TPSA) is 40.6 Å². The van der Waals surface area contributed by atoms with Crippen LogP contribution >= 0.6 is 0 Å². The zero-order valence-corrected chi connectivity index (χ0v) is 16.2. The number of ketones is 1. The van der Waals surface area contributed by atoms with Gasteiger partial charge in [-0.1, -0.05) is 18.2 Å². The van der Waals surface area contributed by atoms with Gasteiger partial charge in [-0.15, -0.1) is 0 Å². The van der Waals surface area contributed by atoms with Gasteiger partial charge in [0, 0.05) is 43.0 Å². The summed E-state index contributed by atoms with van der Waals surface area (Å²) in [6, 6.07) is 18.3. The van der Waals surface area contributed by atoms with Gasteiger partial charge in [0.15, 0.2) is 5.78 Å². The highest BCUT2D eigenvalue weighted by molar-refractivity contribution is 6.15. The van der Waals surface area contributed by atoms with E-state index in [0.717, 1.165) is 5.69 Å². The second-order valence-electron chi connectivity index (χ2n) is 7.14. The fourth-order valence-electron chi connectivity index (χ4n) is 3.61. The van der Waals surface area contributed by atoms with Gasteiger partial charge in [0.05, 0.1) is 5.56 Å². The molecule has 1 heterocycles. The van der Waals surface area contributed by atoms with E-state index in [9.17, 15) is 18.4 Å². The molecule has 0 radical (unpaired) electrons. The molecule has 0 aliphatic carbocycles. The lowest BCUT2D eigenvalue weighted by Gasteiger charge is -2.36. The Hall–Kier alpha value is -3.54. The van der Waals surface area contributed by atoms with Crippen molar-refractivity contribution in [3.8, 4) is 0 Å². The second-order valence-corrected chi connectivity index (χ2v) is 7.14. The minimum absolute atomic E-state index is 0.209. The number of carbonyl (C=O) groups excluding carboxylic acids is 2. The maximum absolute atomic E-state index is 13.2. The van der Waals surface area contributed by atoms with E-state index in [0.29, 0.717) is 42.9 Å². The summed E-state index contributed by atoms with van der Waals surface area (Å²) >= 11 is 0. The Balaban J connectivity index is 1.50. The number of hydrogen-bond acceptors (Lipinski definition) is 3. The first-order valence-corrected chi connectivity index (χ1v) is 9.72. The monoisotopic (exact) mass is 406 g/mol. The van der Waals surface area contributed by atoms with Crippen LogP contribution in [0.15, 0.2) is 72.8 Å². The molecule has 0 unspecified atom stereocenters. The summed E-state index contributed by atoms with van der Waals surface area (Å²) in [5, 5.41) is 0. The van der Waals surface area contributed by atoms with Crippen molar-refractivity contribution in [2.24, 2.45) is 0 Å². The molecule has 4 nitrogen and oxygen atoms in total. The largest absolute Gasteiger partial charge is 0.368 e. The summed E-state index contributed by atoms with van der Waals surface area (Å²) in [5.41, 5.74) is 1.88. The molecule has 1 aliphatic rings. The Labute approximate surface area is 173 Å². The van der Waals surface area contributed by atoms with Crippen LogP contribution in [0.1, 0.15) is 26.3 Å². The molecule has 3 aromatic rings. The lowest BCUT2D eigenvalue weighted by Crippen LogP contribution is -2.49. The van der Waals surface area contributed by atoms with E-state index in [1.807, 2.05) is 0 Å². The number of rotatable bonds is 4. The number of hydrogen-bond donors (Lipinski definition) is 0. The van der Waals surface area contributed by atoms with Crippen molar-refractivity contribution in [2.75, 3.05) is 31.1 Å². The van der Waals surface area contributed by atoms with E-state index < -0.39 is 5.82 Å². The predicted molar refractivity (Wildman–Crippen MR) is 111 cm³/mol. The quantitative estimate of drug-likeness (QED) is 0.611. The summed E-state index contributed by atoms with van der Waals surface area (Å²) in [4.78, 5) is 29.9. The third kappa shape index (κ3) is 4.08. The Kier molecular flexibility index (Phi) is 5.57. The molecule has 30 heavy (non-hydrogen) atoms. The lowest BCUT2D eigenvalue weighted by atomic mass is 9.97. The predicted octanol–water partition coefficient (Wildman–Crippen LogP) is 4.16. The van der Waals surface area contributed by atoms with Crippen molar-refractivity contribution in [1.29, 1.82) is 0 Å². The first kappa shape index (κ1) is 19.8. The van der Waals surface area contributed by atoms with Crippen LogP contribution in [0.5, 0.6) is 0 Å². The van der Waals surface area contributed by atoms with Gasteiger partial charge in [-0.2, -0.15) is 0 Å². The van der Waals surface area contributed by atoms with Gasteiger partial charge in [0.1, 0.15) is 11.6 Å². The molecule has 0 spiro atoms. The Morgan fingerprint density at radius 1 is 0.667 bits per heavy atom. The normalized spacial score (nSPS) is 13.9. The van der Waals surface area contributed by atoms with Crippen LogP contribution < -0.4 is 4.90 Å². The standard InChI is InChI=1S/C24H20F2N2O2/c25-18-7-5-17(6-8-18)23(29)21-3-1-2-4-22(21)24(30)28-15-13-27(14-16-28)20-11-9-19(26)10-12-20/h1-12H,13-16H2. The summed E-state index contributed by atoms with van der Waals surface area (Å²) in [5.74, 6) is -1.23. The molecular weight excluding hydrogens is 386 g/mol. The second kappa shape index (κ2) is 8.45. The van der Waals surface area contributed by atoms with E-state index in [4.69, 9.17) is 0 Å². The van der Waals surface area contributed by atoms with Gasteiger partial charge in [-0.05, 0) is 54.6 Å². The van der Waals surface area contributed by atoms with Crippen LogP contribution in [0.25, 0.3) is 0 Å². The van der Waals surface area contributed by atoms with Crippen molar-refractivity contribution >= 4 is 17.4 Å². The summed E-state index contributed by atoms with van der Waals surface area (Å²) < 4.78 is 26.3. The molecule has 1 amide bonds. The number of anilines is 1. The molecule has 0 N–H and O–H groups in total. The van der Waals surface area contributed by atoms with E-state index in [-0.39, 0.29) is 17.5 Å². The van der Waals surface area contributed by atoms with E-state index in [1.54, 1.807) is 41.3 Å². The molecule has 1 aliphatic heterocycles. The molecule has 0 atom stereocenters.